The van der Waals surface area contributed by atoms with Gasteiger partial charge in [-0.1, -0.05) is 0 Å². The van der Waals surface area contributed by atoms with E-state index < -0.39 is 0 Å². The van der Waals surface area contributed by atoms with E-state index in [0.717, 1.165) is 39.0 Å². The summed E-state index contributed by atoms with van der Waals surface area (Å²) >= 11 is 1.41. The van der Waals surface area contributed by atoms with Gasteiger partial charge in [-0.3, -0.25) is 15.0 Å². The maximum atomic E-state index is 12.1. The molecule has 0 unspecified atom stereocenters. The lowest BCUT2D eigenvalue weighted by molar-refractivity contribution is -0.131. The summed E-state index contributed by atoms with van der Waals surface area (Å²) in [7, 11) is 0. The normalized spacial score (nSPS) is 19.5. The number of carbonyl (C=O) groups is 2. The maximum absolute atomic E-state index is 12.1. The number of anilines is 1. The van der Waals surface area contributed by atoms with Crippen molar-refractivity contribution in [1.82, 2.24) is 19.7 Å². The highest BCUT2D eigenvalue weighted by Crippen LogP contribution is 2.13. The lowest BCUT2D eigenvalue weighted by Gasteiger charge is -2.34. The van der Waals surface area contributed by atoms with Crippen LogP contribution in [0.3, 0.4) is 0 Å². The Morgan fingerprint density at radius 2 is 1.82 bits per heavy atom. The van der Waals surface area contributed by atoms with Crippen LogP contribution in [0.25, 0.3) is 0 Å². The van der Waals surface area contributed by atoms with Crippen LogP contribution in [0.2, 0.25) is 0 Å². The molecule has 2 aliphatic heterocycles. The largest absolute Gasteiger partial charge is 0.342 e. The van der Waals surface area contributed by atoms with Gasteiger partial charge in [-0.2, -0.15) is 0 Å². The van der Waals surface area contributed by atoms with E-state index in [1.54, 1.807) is 11.1 Å². The van der Waals surface area contributed by atoms with Crippen LogP contribution in [0, 0.1) is 0 Å². The summed E-state index contributed by atoms with van der Waals surface area (Å²) in [5, 5.41) is 5.25. The molecule has 0 saturated carbocycles. The zero-order valence-electron chi connectivity index (χ0n) is 12.5. The van der Waals surface area contributed by atoms with Gasteiger partial charge in [0.15, 0.2) is 5.13 Å². The van der Waals surface area contributed by atoms with Crippen molar-refractivity contribution in [2.45, 2.75) is 12.8 Å². The lowest BCUT2D eigenvalue weighted by Crippen LogP contribution is -2.52. The molecule has 0 aliphatic carbocycles. The smallest absolute Gasteiger partial charge is 0.323 e. The summed E-state index contributed by atoms with van der Waals surface area (Å²) < 4.78 is 0. The molecule has 1 N–H and O–H groups in total. The zero-order valence-corrected chi connectivity index (χ0v) is 13.3. The molecular formula is C14H21N5O2S. The van der Waals surface area contributed by atoms with Gasteiger partial charge < -0.3 is 9.80 Å². The predicted octanol–water partition coefficient (Wildman–Crippen LogP) is 0.915. The van der Waals surface area contributed by atoms with Gasteiger partial charge in [-0.05, 0) is 12.8 Å². The highest BCUT2D eigenvalue weighted by atomic mass is 32.1. The molecule has 0 spiro atoms. The number of likely N-dealkylation sites (tertiary alicyclic amines) is 1. The third kappa shape index (κ3) is 3.75. The Bertz CT molecular complexity index is 507. The van der Waals surface area contributed by atoms with Gasteiger partial charge in [0.1, 0.15) is 0 Å². The van der Waals surface area contributed by atoms with Crippen LogP contribution < -0.4 is 5.32 Å². The number of amides is 3. The molecule has 120 valence electrons. The van der Waals surface area contributed by atoms with E-state index in [1.165, 1.54) is 11.3 Å². The van der Waals surface area contributed by atoms with Crippen LogP contribution in [0.5, 0.6) is 0 Å². The van der Waals surface area contributed by atoms with E-state index in [9.17, 15) is 9.59 Å². The summed E-state index contributed by atoms with van der Waals surface area (Å²) in [4.78, 5) is 34.1. The fourth-order valence-electron chi connectivity index (χ4n) is 2.82. The SMILES string of the molecule is O=C(CN1CCN(C(=O)Nc2nccs2)CC1)N1CCCC1. The highest BCUT2D eigenvalue weighted by molar-refractivity contribution is 7.13. The second kappa shape index (κ2) is 7.06. The van der Waals surface area contributed by atoms with E-state index in [1.807, 2.05) is 10.3 Å². The fourth-order valence-corrected chi connectivity index (χ4v) is 3.34. The Labute approximate surface area is 133 Å². The summed E-state index contributed by atoms with van der Waals surface area (Å²) in [6.07, 6.45) is 3.91. The minimum Gasteiger partial charge on any atom is -0.342 e. The first-order valence-corrected chi connectivity index (χ1v) is 8.56. The monoisotopic (exact) mass is 323 g/mol. The van der Waals surface area contributed by atoms with Crippen molar-refractivity contribution in [3.05, 3.63) is 11.6 Å². The van der Waals surface area contributed by atoms with Gasteiger partial charge in [0.2, 0.25) is 5.91 Å². The van der Waals surface area contributed by atoms with Crippen molar-refractivity contribution < 1.29 is 9.59 Å². The Morgan fingerprint density at radius 1 is 1.09 bits per heavy atom. The molecule has 1 aromatic heterocycles. The molecule has 7 nitrogen and oxygen atoms in total. The first-order chi connectivity index (χ1) is 10.7. The second-order valence-electron chi connectivity index (χ2n) is 5.62. The molecule has 0 aromatic carbocycles. The molecule has 0 bridgehead atoms. The number of nitrogens with zero attached hydrogens (tertiary/aromatic N) is 4. The number of nitrogens with one attached hydrogen (secondary N) is 1. The van der Waals surface area contributed by atoms with Crippen LogP contribution in [0.15, 0.2) is 11.6 Å². The Morgan fingerprint density at radius 3 is 2.45 bits per heavy atom. The summed E-state index contributed by atoms with van der Waals surface area (Å²) in [6, 6.07) is -0.111. The Kier molecular flexibility index (Phi) is 4.89. The van der Waals surface area contributed by atoms with Crippen LogP contribution in [-0.4, -0.2) is 77.4 Å². The van der Waals surface area contributed by atoms with Gasteiger partial charge >= 0.3 is 6.03 Å². The number of carbonyl (C=O) groups excluding carboxylic acids is 2. The van der Waals surface area contributed by atoms with E-state index in [0.29, 0.717) is 24.8 Å². The lowest BCUT2D eigenvalue weighted by atomic mass is 10.3. The van der Waals surface area contributed by atoms with Crippen molar-refractivity contribution in [3.63, 3.8) is 0 Å². The third-order valence-corrected chi connectivity index (χ3v) is 4.81. The van der Waals surface area contributed by atoms with E-state index in [4.69, 9.17) is 0 Å². The Balaban J connectivity index is 1.42. The number of urea groups is 1. The molecule has 1 aromatic rings. The molecular weight excluding hydrogens is 302 g/mol. The summed E-state index contributed by atoms with van der Waals surface area (Å²) in [5.74, 6) is 0.221. The molecule has 8 heteroatoms. The average molecular weight is 323 g/mol. The number of rotatable bonds is 3. The van der Waals surface area contributed by atoms with Crippen molar-refractivity contribution in [1.29, 1.82) is 0 Å². The van der Waals surface area contributed by atoms with E-state index in [-0.39, 0.29) is 11.9 Å². The van der Waals surface area contributed by atoms with Gasteiger partial charge in [-0.25, -0.2) is 9.78 Å². The van der Waals surface area contributed by atoms with E-state index >= 15 is 0 Å². The number of hydrogen-bond acceptors (Lipinski definition) is 5. The minimum absolute atomic E-state index is 0.111. The van der Waals surface area contributed by atoms with Crippen LogP contribution in [-0.2, 0) is 4.79 Å². The summed E-state index contributed by atoms with van der Waals surface area (Å²) in [5.41, 5.74) is 0. The minimum atomic E-state index is -0.111. The van der Waals surface area contributed by atoms with Crippen LogP contribution >= 0.6 is 11.3 Å². The van der Waals surface area contributed by atoms with Crippen LogP contribution in [0.1, 0.15) is 12.8 Å². The molecule has 0 atom stereocenters. The molecule has 3 rings (SSSR count). The average Bonchev–Trinajstić information content (AvgIpc) is 3.21. The zero-order chi connectivity index (χ0) is 15.4. The number of hydrogen-bond donors (Lipinski definition) is 1. The second-order valence-corrected chi connectivity index (χ2v) is 6.51. The van der Waals surface area contributed by atoms with Gasteiger partial charge in [0.25, 0.3) is 0 Å². The van der Waals surface area contributed by atoms with Crippen LogP contribution in [0.4, 0.5) is 9.93 Å². The summed E-state index contributed by atoms with van der Waals surface area (Å²) in [6.45, 7) is 5.04. The number of thiazole rings is 1. The molecule has 2 fully saturated rings. The van der Waals surface area contributed by atoms with E-state index in [2.05, 4.69) is 15.2 Å². The van der Waals surface area contributed by atoms with Gasteiger partial charge in [-0.15, -0.1) is 11.3 Å². The molecule has 2 saturated heterocycles. The van der Waals surface area contributed by atoms with Crippen molar-refractivity contribution in [2.24, 2.45) is 0 Å². The van der Waals surface area contributed by atoms with Crippen molar-refractivity contribution in [2.75, 3.05) is 51.1 Å². The maximum Gasteiger partial charge on any atom is 0.323 e. The standard InChI is InChI=1S/C14H21N5O2S/c20-12(18-4-1-2-5-18)11-17-6-8-19(9-7-17)14(21)16-13-15-3-10-22-13/h3,10H,1-2,4-9,11H2,(H,15,16,21). The Hall–Kier alpha value is -1.67. The molecule has 0 radical (unpaired) electrons. The van der Waals surface area contributed by atoms with Gasteiger partial charge in [0.05, 0.1) is 6.54 Å². The fraction of sp³-hybridized carbons (Fsp3) is 0.643. The predicted molar refractivity (Wildman–Crippen MR) is 85.0 cm³/mol. The first-order valence-electron chi connectivity index (χ1n) is 7.68. The number of aromatic nitrogens is 1. The van der Waals surface area contributed by atoms with Gasteiger partial charge in [0, 0.05) is 50.8 Å². The molecule has 22 heavy (non-hydrogen) atoms. The molecule has 3 heterocycles. The molecule has 3 amide bonds. The quantitative estimate of drug-likeness (QED) is 0.898. The number of piperazine rings is 1. The highest BCUT2D eigenvalue weighted by Gasteiger charge is 2.25. The first kappa shape index (κ1) is 15.2. The molecule has 2 aliphatic rings. The third-order valence-electron chi connectivity index (χ3n) is 4.12. The van der Waals surface area contributed by atoms with Crippen molar-refractivity contribution in [3.8, 4) is 0 Å². The topological polar surface area (TPSA) is 68.8 Å². The van der Waals surface area contributed by atoms with Crippen molar-refractivity contribution >= 4 is 28.4 Å².